The number of ether oxygens (including phenoxy) is 1. The van der Waals surface area contributed by atoms with Crippen molar-refractivity contribution in [1.29, 1.82) is 0 Å². The Bertz CT molecular complexity index is 608. The minimum Gasteiger partial charge on any atom is -0.457 e. The first-order valence-corrected chi connectivity index (χ1v) is 7.97. The van der Waals surface area contributed by atoms with Gasteiger partial charge >= 0.3 is 0 Å². The van der Waals surface area contributed by atoms with Crippen LogP contribution < -0.4 is 4.74 Å². The van der Waals surface area contributed by atoms with Gasteiger partial charge in [-0.1, -0.05) is 41.9 Å². The van der Waals surface area contributed by atoms with Gasteiger partial charge in [0, 0.05) is 10.0 Å². The third kappa shape index (κ3) is 3.56. The van der Waals surface area contributed by atoms with E-state index in [0.29, 0.717) is 11.8 Å². The highest BCUT2D eigenvalue weighted by molar-refractivity contribution is 9.10. The topological polar surface area (TPSA) is 9.23 Å². The summed E-state index contributed by atoms with van der Waals surface area (Å²) < 4.78 is 7.08. The van der Waals surface area contributed by atoms with Gasteiger partial charge in [0.15, 0.2) is 0 Å². The second-order valence-corrected chi connectivity index (χ2v) is 6.35. The van der Waals surface area contributed by atoms with Gasteiger partial charge in [-0.3, -0.25) is 0 Å². The molecule has 0 aromatic heterocycles. The van der Waals surface area contributed by atoms with Crippen LogP contribution in [0.4, 0.5) is 0 Å². The summed E-state index contributed by atoms with van der Waals surface area (Å²) in [6, 6.07) is 12.3. The van der Waals surface area contributed by atoms with Gasteiger partial charge in [0.25, 0.3) is 0 Å². The highest BCUT2D eigenvalue weighted by atomic mass is 79.9. The van der Waals surface area contributed by atoms with Crippen molar-refractivity contribution < 1.29 is 4.74 Å². The Kier molecular flexibility index (Phi) is 5.11. The van der Waals surface area contributed by atoms with Gasteiger partial charge in [0.05, 0.1) is 5.88 Å². The highest BCUT2D eigenvalue weighted by Crippen LogP contribution is 2.32. The average Bonchev–Trinajstić information content (AvgIpc) is 2.42. The molecule has 2 aromatic rings. The molecule has 0 bridgehead atoms. The summed E-state index contributed by atoms with van der Waals surface area (Å²) in [6.07, 6.45) is 0. The Balaban J connectivity index is 2.36. The highest BCUT2D eigenvalue weighted by Gasteiger charge is 2.09. The number of aryl methyl sites for hydroxylation is 1. The molecule has 0 atom stereocenters. The fourth-order valence-electron chi connectivity index (χ4n) is 1.96. The number of benzene rings is 2. The molecule has 0 unspecified atom stereocenters. The summed E-state index contributed by atoms with van der Waals surface area (Å²) in [6.45, 7) is 6.41. The minimum atomic E-state index is 0.428. The van der Waals surface area contributed by atoms with E-state index in [9.17, 15) is 0 Å². The maximum absolute atomic E-state index is 6.07. The SMILES string of the molecule is Cc1ccc(C(C)C)cc1Oc1ccc(Br)cc1CCl. The number of rotatable bonds is 4. The molecule has 0 saturated heterocycles. The van der Waals surface area contributed by atoms with E-state index >= 15 is 0 Å². The summed E-state index contributed by atoms with van der Waals surface area (Å²) in [7, 11) is 0. The van der Waals surface area contributed by atoms with E-state index in [2.05, 4.69) is 54.9 Å². The largest absolute Gasteiger partial charge is 0.457 e. The zero-order chi connectivity index (χ0) is 14.7. The van der Waals surface area contributed by atoms with E-state index in [1.54, 1.807) is 0 Å². The van der Waals surface area contributed by atoms with Crippen molar-refractivity contribution in [3.05, 3.63) is 57.6 Å². The second-order valence-electron chi connectivity index (χ2n) is 5.17. The van der Waals surface area contributed by atoms with Crippen LogP contribution in [0.2, 0.25) is 0 Å². The van der Waals surface area contributed by atoms with E-state index in [0.717, 1.165) is 27.1 Å². The molecule has 0 aliphatic carbocycles. The van der Waals surface area contributed by atoms with E-state index in [4.69, 9.17) is 16.3 Å². The molecule has 0 N–H and O–H groups in total. The quantitative estimate of drug-likeness (QED) is 0.577. The van der Waals surface area contributed by atoms with E-state index in [-0.39, 0.29) is 0 Å². The molecule has 20 heavy (non-hydrogen) atoms. The van der Waals surface area contributed by atoms with Crippen LogP contribution in [0.5, 0.6) is 11.5 Å². The summed E-state index contributed by atoms with van der Waals surface area (Å²) >= 11 is 9.44. The maximum atomic E-state index is 6.07. The Morgan fingerprint density at radius 1 is 1.10 bits per heavy atom. The van der Waals surface area contributed by atoms with Crippen LogP contribution in [0.15, 0.2) is 40.9 Å². The summed E-state index contributed by atoms with van der Waals surface area (Å²) in [5, 5.41) is 0. The first-order valence-electron chi connectivity index (χ1n) is 6.64. The third-order valence-corrected chi connectivity index (χ3v) is 4.05. The van der Waals surface area contributed by atoms with Crippen LogP contribution in [-0.4, -0.2) is 0 Å². The smallest absolute Gasteiger partial charge is 0.131 e. The molecule has 2 aromatic carbocycles. The molecule has 106 valence electrons. The van der Waals surface area contributed by atoms with Crippen LogP contribution in [0.1, 0.15) is 36.5 Å². The molecule has 0 saturated carbocycles. The molecule has 0 aliphatic heterocycles. The number of hydrogen-bond acceptors (Lipinski definition) is 1. The predicted molar refractivity (Wildman–Crippen MR) is 89.0 cm³/mol. The Labute approximate surface area is 134 Å². The van der Waals surface area contributed by atoms with Crippen molar-refractivity contribution in [3.63, 3.8) is 0 Å². The van der Waals surface area contributed by atoms with Gasteiger partial charge in [-0.25, -0.2) is 0 Å². The summed E-state index contributed by atoms with van der Waals surface area (Å²) in [4.78, 5) is 0. The third-order valence-electron chi connectivity index (χ3n) is 3.27. The molecule has 3 heteroatoms. The van der Waals surface area contributed by atoms with Crippen molar-refractivity contribution in [3.8, 4) is 11.5 Å². The standard InChI is InChI=1S/C17H18BrClO/c1-11(2)13-5-4-12(3)17(9-13)20-16-7-6-15(18)8-14(16)10-19/h4-9,11H,10H2,1-3H3. The normalized spacial score (nSPS) is 10.9. The van der Waals surface area contributed by atoms with Crippen LogP contribution in [0.25, 0.3) is 0 Å². The molecule has 0 amide bonds. The van der Waals surface area contributed by atoms with Gasteiger partial charge in [-0.05, 0) is 48.2 Å². The zero-order valence-electron chi connectivity index (χ0n) is 11.9. The molecule has 0 heterocycles. The molecular formula is C17H18BrClO. The average molecular weight is 354 g/mol. The van der Waals surface area contributed by atoms with E-state index in [1.807, 2.05) is 18.2 Å². The molecule has 0 radical (unpaired) electrons. The first-order chi connectivity index (χ1) is 9.51. The zero-order valence-corrected chi connectivity index (χ0v) is 14.3. The van der Waals surface area contributed by atoms with Crippen molar-refractivity contribution >= 4 is 27.5 Å². The second kappa shape index (κ2) is 6.64. The maximum Gasteiger partial charge on any atom is 0.131 e. The van der Waals surface area contributed by atoms with Gasteiger partial charge in [-0.2, -0.15) is 0 Å². The summed E-state index contributed by atoms with van der Waals surface area (Å²) in [5.74, 6) is 2.62. The lowest BCUT2D eigenvalue weighted by atomic mass is 10.0. The molecule has 0 fully saturated rings. The fourth-order valence-corrected chi connectivity index (χ4v) is 2.57. The van der Waals surface area contributed by atoms with Gasteiger partial charge in [0.1, 0.15) is 11.5 Å². The fraction of sp³-hybridized carbons (Fsp3) is 0.294. The lowest BCUT2D eigenvalue weighted by Gasteiger charge is -2.14. The monoisotopic (exact) mass is 352 g/mol. The molecule has 0 spiro atoms. The van der Waals surface area contributed by atoms with E-state index in [1.165, 1.54) is 5.56 Å². The van der Waals surface area contributed by atoms with Crippen molar-refractivity contribution in [2.45, 2.75) is 32.6 Å². The number of halogens is 2. The van der Waals surface area contributed by atoms with E-state index < -0.39 is 0 Å². The lowest BCUT2D eigenvalue weighted by molar-refractivity contribution is 0.473. The van der Waals surface area contributed by atoms with Crippen molar-refractivity contribution in [2.24, 2.45) is 0 Å². The van der Waals surface area contributed by atoms with Crippen molar-refractivity contribution in [2.75, 3.05) is 0 Å². The van der Waals surface area contributed by atoms with Gasteiger partial charge in [-0.15, -0.1) is 11.6 Å². The minimum absolute atomic E-state index is 0.428. The van der Waals surface area contributed by atoms with Crippen LogP contribution in [0, 0.1) is 6.92 Å². The van der Waals surface area contributed by atoms with Gasteiger partial charge in [0.2, 0.25) is 0 Å². The molecule has 2 rings (SSSR count). The van der Waals surface area contributed by atoms with Crippen LogP contribution in [-0.2, 0) is 5.88 Å². The Morgan fingerprint density at radius 3 is 2.50 bits per heavy atom. The number of hydrogen-bond donors (Lipinski definition) is 0. The Hall–Kier alpha value is -0.990. The van der Waals surface area contributed by atoms with Crippen LogP contribution >= 0.6 is 27.5 Å². The predicted octanol–water partition coefficient (Wildman–Crippen LogP) is 6.41. The Morgan fingerprint density at radius 2 is 1.85 bits per heavy atom. The van der Waals surface area contributed by atoms with Crippen molar-refractivity contribution in [1.82, 2.24) is 0 Å². The summed E-state index contributed by atoms with van der Waals surface area (Å²) in [5.41, 5.74) is 3.38. The first kappa shape index (κ1) is 15.4. The van der Waals surface area contributed by atoms with Crippen LogP contribution in [0.3, 0.4) is 0 Å². The number of alkyl halides is 1. The molecular weight excluding hydrogens is 336 g/mol. The van der Waals surface area contributed by atoms with Gasteiger partial charge < -0.3 is 4.74 Å². The lowest BCUT2D eigenvalue weighted by Crippen LogP contribution is -1.94. The molecule has 1 nitrogen and oxygen atoms in total. The molecule has 0 aliphatic rings.